The van der Waals surface area contributed by atoms with E-state index in [1.807, 2.05) is 19.0 Å². The number of nitriles is 1. The molecule has 1 saturated heterocycles. The van der Waals surface area contributed by atoms with Gasteiger partial charge in [0.2, 0.25) is 0 Å². The minimum absolute atomic E-state index is 0.322. The van der Waals surface area contributed by atoms with Gasteiger partial charge >= 0.3 is 11.9 Å². The van der Waals surface area contributed by atoms with Crippen molar-refractivity contribution in [3.05, 3.63) is 11.4 Å². The second kappa shape index (κ2) is 6.46. The SMILES string of the molecule is [C-]#[N+]/C(C#N)=N\OC(N1CCOCC1)=[N+](C)C. The van der Waals surface area contributed by atoms with E-state index in [1.165, 1.54) is 0 Å². The topological polar surface area (TPSA) is 65.2 Å². The van der Waals surface area contributed by atoms with Crippen molar-refractivity contribution in [2.45, 2.75) is 0 Å². The number of nitrogens with zero attached hydrogens (tertiary/aromatic N) is 5. The van der Waals surface area contributed by atoms with Crippen molar-refractivity contribution in [2.75, 3.05) is 40.4 Å². The largest absolute Gasteiger partial charge is 0.492 e. The molecule has 0 saturated carbocycles. The van der Waals surface area contributed by atoms with Crippen LogP contribution in [0.25, 0.3) is 4.85 Å². The first-order chi connectivity index (χ1) is 8.19. The highest BCUT2D eigenvalue weighted by Gasteiger charge is 2.27. The van der Waals surface area contributed by atoms with Crippen LogP contribution in [0.4, 0.5) is 0 Å². The molecule has 0 spiro atoms. The van der Waals surface area contributed by atoms with E-state index in [0.717, 1.165) is 0 Å². The highest BCUT2D eigenvalue weighted by molar-refractivity contribution is 6.03. The smallest absolute Gasteiger partial charge is 0.373 e. The second-order valence-electron chi connectivity index (χ2n) is 3.51. The fourth-order valence-electron chi connectivity index (χ4n) is 1.33. The van der Waals surface area contributed by atoms with E-state index in [-0.39, 0.29) is 5.84 Å². The molecule has 1 rings (SSSR count). The minimum Gasteiger partial charge on any atom is -0.373 e. The number of rotatable bonds is 1. The molecule has 7 nitrogen and oxygen atoms in total. The lowest BCUT2D eigenvalue weighted by molar-refractivity contribution is -0.481. The Morgan fingerprint density at radius 1 is 1.53 bits per heavy atom. The summed E-state index contributed by atoms with van der Waals surface area (Å²) in [5.74, 6) is -0.322. The Morgan fingerprint density at radius 3 is 2.65 bits per heavy atom. The van der Waals surface area contributed by atoms with Crippen LogP contribution in [0.1, 0.15) is 0 Å². The zero-order chi connectivity index (χ0) is 12.7. The van der Waals surface area contributed by atoms with Gasteiger partial charge in [-0.15, -0.1) is 0 Å². The maximum absolute atomic E-state index is 8.56. The van der Waals surface area contributed by atoms with Gasteiger partial charge in [0.15, 0.2) is 0 Å². The van der Waals surface area contributed by atoms with Crippen molar-refractivity contribution in [2.24, 2.45) is 5.16 Å². The van der Waals surface area contributed by atoms with E-state index < -0.39 is 0 Å². The third-order valence-electron chi connectivity index (χ3n) is 2.08. The number of oxime groups is 1. The van der Waals surface area contributed by atoms with Crippen LogP contribution in [0.15, 0.2) is 5.16 Å². The van der Waals surface area contributed by atoms with Gasteiger partial charge < -0.3 is 9.58 Å². The molecule has 0 atom stereocenters. The average molecular weight is 236 g/mol. The van der Waals surface area contributed by atoms with Crippen molar-refractivity contribution in [1.82, 2.24) is 4.90 Å². The molecule has 90 valence electrons. The molecular formula is C10H14N5O2+. The molecule has 1 aliphatic rings. The molecule has 0 bridgehead atoms. The molecule has 7 heteroatoms. The summed E-state index contributed by atoms with van der Waals surface area (Å²) < 4.78 is 6.98. The highest BCUT2D eigenvalue weighted by Crippen LogP contribution is 2.00. The third-order valence-corrected chi connectivity index (χ3v) is 2.08. The first kappa shape index (κ1) is 12.9. The van der Waals surface area contributed by atoms with E-state index in [0.29, 0.717) is 32.3 Å². The van der Waals surface area contributed by atoms with Gasteiger partial charge in [0.05, 0.1) is 32.5 Å². The second-order valence-corrected chi connectivity index (χ2v) is 3.51. The fraction of sp³-hybridized carbons (Fsp3) is 0.600. The van der Waals surface area contributed by atoms with E-state index in [9.17, 15) is 0 Å². The van der Waals surface area contributed by atoms with Crippen LogP contribution in [0.2, 0.25) is 0 Å². The van der Waals surface area contributed by atoms with Gasteiger partial charge in [-0.05, 0) is 0 Å². The molecule has 1 heterocycles. The third kappa shape index (κ3) is 3.74. The molecule has 0 unspecified atom stereocenters. The maximum atomic E-state index is 8.56. The first-order valence-electron chi connectivity index (χ1n) is 5.08. The van der Waals surface area contributed by atoms with Crippen molar-refractivity contribution in [3.63, 3.8) is 0 Å². The molecule has 1 aliphatic heterocycles. The quantitative estimate of drug-likeness (QED) is 0.206. The van der Waals surface area contributed by atoms with Crippen LogP contribution in [0, 0.1) is 17.9 Å². The molecule has 0 aromatic heterocycles. The zero-order valence-electron chi connectivity index (χ0n) is 9.88. The number of ether oxygens (including phenoxy) is 1. The van der Waals surface area contributed by atoms with Crippen molar-refractivity contribution < 1.29 is 14.1 Å². The van der Waals surface area contributed by atoms with Gasteiger partial charge in [-0.2, -0.15) is 4.84 Å². The average Bonchev–Trinajstić information content (AvgIpc) is 2.35. The van der Waals surface area contributed by atoms with Crippen molar-refractivity contribution in [1.29, 1.82) is 5.26 Å². The van der Waals surface area contributed by atoms with Crippen LogP contribution in [-0.2, 0) is 9.57 Å². The van der Waals surface area contributed by atoms with Crippen molar-refractivity contribution >= 4 is 11.9 Å². The van der Waals surface area contributed by atoms with Crippen LogP contribution < -0.4 is 0 Å². The van der Waals surface area contributed by atoms with Crippen LogP contribution in [0.3, 0.4) is 0 Å². The zero-order valence-corrected chi connectivity index (χ0v) is 9.88. The van der Waals surface area contributed by atoms with Crippen LogP contribution in [-0.4, -0.2) is 61.7 Å². The fourth-order valence-corrected chi connectivity index (χ4v) is 1.33. The van der Waals surface area contributed by atoms with Gasteiger partial charge in [-0.1, -0.05) is 6.57 Å². The van der Waals surface area contributed by atoms with Crippen molar-refractivity contribution in [3.8, 4) is 6.07 Å². The Bertz CT molecular complexity index is 389. The molecule has 0 amide bonds. The standard InChI is InChI=1S/C10H14N5O2/c1-12-9(8-11)13-17-10(14(2)3)15-4-6-16-7-5-15/h4-7H2,2-3H3/q+1/b13-9-. The molecule has 0 aromatic carbocycles. The highest BCUT2D eigenvalue weighted by atomic mass is 16.7. The van der Waals surface area contributed by atoms with E-state index in [2.05, 4.69) is 10.0 Å². The normalized spacial score (nSPS) is 15.8. The maximum Gasteiger partial charge on any atom is 0.492 e. The molecule has 17 heavy (non-hydrogen) atoms. The number of morpholine rings is 1. The lowest BCUT2D eigenvalue weighted by Crippen LogP contribution is -2.44. The van der Waals surface area contributed by atoms with Gasteiger partial charge in [-0.3, -0.25) is 0 Å². The van der Waals surface area contributed by atoms with Gasteiger partial charge in [0.1, 0.15) is 19.2 Å². The Hall–Kier alpha value is -2.12. The van der Waals surface area contributed by atoms with Crippen LogP contribution in [0.5, 0.6) is 0 Å². The lowest BCUT2D eigenvalue weighted by Gasteiger charge is -2.20. The van der Waals surface area contributed by atoms with E-state index in [1.54, 1.807) is 10.6 Å². The lowest BCUT2D eigenvalue weighted by atomic mass is 10.4. The Balaban J connectivity index is 2.76. The minimum atomic E-state index is -0.322. The number of hydrogen-bond donors (Lipinski definition) is 0. The van der Waals surface area contributed by atoms with Gasteiger partial charge in [0.25, 0.3) is 0 Å². The summed E-state index contributed by atoms with van der Waals surface area (Å²) in [4.78, 5) is 10.0. The van der Waals surface area contributed by atoms with Crippen LogP contribution >= 0.6 is 0 Å². The summed E-state index contributed by atoms with van der Waals surface area (Å²) >= 11 is 0. The first-order valence-corrected chi connectivity index (χ1v) is 5.08. The summed E-state index contributed by atoms with van der Waals surface area (Å²) in [7, 11) is 3.62. The van der Waals surface area contributed by atoms with E-state index >= 15 is 0 Å². The number of amidine groups is 2. The summed E-state index contributed by atoms with van der Waals surface area (Å²) in [5.41, 5.74) is 0. The predicted molar refractivity (Wildman–Crippen MR) is 60.2 cm³/mol. The Morgan fingerprint density at radius 2 is 2.18 bits per heavy atom. The van der Waals surface area contributed by atoms with Gasteiger partial charge in [0, 0.05) is 0 Å². The summed E-state index contributed by atoms with van der Waals surface area (Å²) in [6.45, 7) is 9.33. The Labute approximate surface area is 100.0 Å². The molecular weight excluding hydrogens is 222 g/mol. The molecule has 0 radical (unpaired) electrons. The Kier molecular flexibility index (Phi) is 4.92. The monoisotopic (exact) mass is 236 g/mol. The summed E-state index contributed by atoms with van der Waals surface area (Å²) in [6.07, 6.45) is 0. The molecule has 0 aromatic rings. The summed E-state index contributed by atoms with van der Waals surface area (Å²) in [5, 5.41) is 12.1. The van der Waals surface area contributed by atoms with Gasteiger partial charge in [-0.25, -0.2) is 14.7 Å². The van der Waals surface area contributed by atoms with E-state index in [4.69, 9.17) is 21.4 Å². The molecule has 0 aliphatic carbocycles. The summed E-state index contributed by atoms with van der Waals surface area (Å²) in [6, 6.07) is 2.15. The number of hydrogen-bond acceptors (Lipinski definition) is 4. The predicted octanol–water partition coefficient (Wildman–Crippen LogP) is -0.280. The molecule has 0 N–H and O–H groups in total. The molecule has 1 fully saturated rings.